The molecule has 2 rings (SSSR count). The monoisotopic (exact) mass is 404 g/mol. The number of methoxy groups -OCH3 is 1. The molecule has 0 amide bonds. The van der Waals surface area contributed by atoms with Crippen LogP contribution in [-0.2, 0) is 5.41 Å². The Morgan fingerprint density at radius 2 is 2.00 bits per heavy atom. The fourth-order valence-electron chi connectivity index (χ4n) is 2.37. The minimum atomic E-state index is -0.556. The van der Waals surface area contributed by atoms with Gasteiger partial charge >= 0.3 is 5.69 Å². The average molecular weight is 404 g/mol. The number of nitro benzene ring substituents is 1. The van der Waals surface area contributed by atoms with E-state index in [1.807, 2.05) is 20.8 Å². The Balaban J connectivity index is 2.29. The highest BCUT2D eigenvalue weighted by atomic mass is 16.6. The molecule has 0 saturated carbocycles. The third-order valence-electron chi connectivity index (χ3n) is 3.62. The summed E-state index contributed by atoms with van der Waals surface area (Å²) >= 11 is 0. The van der Waals surface area contributed by atoms with Crippen LogP contribution < -0.4 is 20.5 Å². The first-order valence-corrected chi connectivity index (χ1v) is 8.82. The minimum Gasteiger partial charge on any atom is -0.493 e. The van der Waals surface area contributed by atoms with Gasteiger partial charge in [-0.3, -0.25) is 19.9 Å². The van der Waals surface area contributed by atoms with E-state index in [0.29, 0.717) is 11.3 Å². The van der Waals surface area contributed by atoms with Crippen molar-refractivity contribution in [2.75, 3.05) is 12.5 Å². The number of nitrogens with one attached hydrogen (secondary N) is 2. The quantitative estimate of drug-likeness (QED) is 0.407. The number of ether oxygens (including phenoxy) is 2. The van der Waals surface area contributed by atoms with Gasteiger partial charge in [-0.2, -0.15) is 5.10 Å². The number of hydrazone groups is 1. The van der Waals surface area contributed by atoms with Crippen molar-refractivity contribution in [3.63, 3.8) is 0 Å². The summed E-state index contributed by atoms with van der Waals surface area (Å²) in [5, 5.41) is 23.2. The maximum atomic E-state index is 12.1. The first kappa shape index (κ1) is 21.8. The second kappa shape index (κ2) is 8.67. The zero-order valence-corrected chi connectivity index (χ0v) is 17.1. The zero-order valence-electron chi connectivity index (χ0n) is 17.1. The van der Waals surface area contributed by atoms with Gasteiger partial charge < -0.3 is 9.47 Å². The number of rotatable bonds is 7. The summed E-state index contributed by atoms with van der Waals surface area (Å²) in [5.41, 5.74) is 2.16. The molecule has 2 N–H and O–H groups in total. The van der Waals surface area contributed by atoms with Gasteiger partial charge in [0.1, 0.15) is 5.69 Å². The van der Waals surface area contributed by atoms with Gasteiger partial charge in [-0.15, -0.1) is 10.2 Å². The van der Waals surface area contributed by atoms with E-state index in [4.69, 9.17) is 9.47 Å². The Bertz CT molecular complexity index is 978. The molecule has 1 aromatic heterocycles. The third kappa shape index (κ3) is 5.50. The summed E-state index contributed by atoms with van der Waals surface area (Å²) in [5.74, 6) is 0.295. The number of aromatic amines is 1. The molecule has 156 valence electrons. The van der Waals surface area contributed by atoms with Gasteiger partial charge in [0.05, 0.1) is 24.4 Å². The molecular formula is C18H24N6O5. The Morgan fingerprint density at radius 3 is 2.52 bits per heavy atom. The van der Waals surface area contributed by atoms with E-state index in [9.17, 15) is 14.9 Å². The predicted octanol–water partition coefficient (Wildman–Crippen LogP) is 2.61. The van der Waals surface area contributed by atoms with Crippen LogP contribution in [0, 0.1) is 10.1 Å². The van der Waals surface area contributed by atoms with Crippen molar-refractivity contribution in [3.05, 3.63) is 43.9 Å². The molecule has 0 fully saturated rings. The molecule has 2 aromatic rings. The Morgan fingerprint density at radius 1 is 1.31 bits per heavy atom. The molecule has 0 aliphatic rings. The lowest BCUT2D eigenvalue weighted by atomic mass is 9.93. The molecule has 1 aromatic carbocycles. The van der Waals surface area contributed by atoms with Gasteiger partial charge in [-0.25, -0.2) is 5.43 Å². The summed E-state index contributed by atoms with van der Waals surface area (Å²) in [6.45, 7) is 9.07. The molecule has 29 heavy (non-hydrogen) atoms. The smallest absolute Gasteiger partial charge is 0.315 e. The van der Waals surface area contributed by atoms with Crippen LogP contribution in [0.2, 0.25) is 0 Å². The third-order valence-corrected chi connectivity index (χ3v) is 3.62. The van der Waals surface area contributed by atoms with E-state index in [2.05, 4.69) is 25.7 Å². The molecular weight excluding hydrogens is 380 g/mol. The fourth-order valence-corrected chi connectivity index (χ4v) is 2.37. The minimum absolute atomic E-state index is 0.0421. The van der Waals surface area contributed by atoms with Crippen LogP contribution in [0.25, 0.3) is 0 Å². The van der Waals surface area contributed by atoms with Crippen molar-refractivity contribution in [3.8, 4) is 11.5 Å². The van der Waals surface area contributed by atoms with Crippen molar-refractivity contribution in [1.29, 1.82) is 0 Å². The molecule has 0 radical (unpaired) electrons. The molecule has 11 heteroatoms. The molecule has 0 bridgehead atoms. The highest BCUT2D eigenvalue weighted by molar-refractivity contribution is 5.83. The molecule has 0 aliphatic carbocycles. The Labute approximate surface area is 167 Å². The maximum Gasteiger partial charge on any atom is 0.315 e. The average Bonchev–Trinajstić information content (AvgIpc) is 2.60. The molecule has 0 spiro atoms. The van der Waals surface area contributed by atoms with Crippen molar-refractivity contribution in [1.82, 2.24) is 15.2 Å². The first-order valence-electron chi connectivity index (χ1n) is 8.82. The second-order valence-corrected chi connectivity index (χ2v) is 7.47. The highest BCUT2D eigenvalue weighted by Crippen LogP contribution is 2.38. The van der Waals surface area contributed by atoms with Gasteiger partial charge in [0.2, 0.25) is 11.7 Å². The van der Waals surface area contributed by atoms with E-state index in [0.717, 1.165) is 0 Å². The molecule has 1 heterocycles. The van der Waals surface area contributed by atoms with E-state index >= 15 is 0 Å². The summed E-state index contributed by atoms with van der Waals surface area (Å²) in [6, 6.07) is 2.86. The molecule has 0 unspecified atom stereocenters. The highest BCUT2D eigenvalue weighted by Gasteiger charge is 2.23. The lowest BCUT2D eigenvalue weighted by Crippen LogP contribution is -2.28. The SMILES string of the molecule is COc1cc(/C=N/Nc2nnc(C(C)(C)C)c(=O)[nH]2)cc([N+](=O)[O-])c1OC(C)C. The fraction of sp³-hybridized carbons (Fsp3) is 0.444. The summed E-state index contributed by atoms with van der Waals surface area (Å²) < 4.78 is 10.7. The van der Waals surface area contributed by atoms with Crippen molar-refractivity contribution in [2.24, 2.45) is 5.10 Å². The van der Waals surface area contributed by atoms with Crippen molar-refractivity contribution < 1.29 is 14.4 Å². The van der Waals surface area contributed by atoms with Crippen LogP contribution in [0.1, 0.15) is 45.9 Å². The number of hydrogen-bond donors (Lipinski definition) is 2. The number of hydrogen-bond acceptors (Lipinski definition) is 9. The van der Waals surface area contributed by atoms with Crippen molar-refractivity contribution >= 4 is 17.9 Å². The number of nitro groups is 1. The van der Waals surface area contributed by atoms with Gasteiger partial charge in [-0.1, -0.05) is 20.8 Å². The van der Waals surface area contributed by atoms with Crippen molar-refractivity contribution in [2.45, 2.75) is 46.1 Å². The largest absolute Gasteiger partial charge is 0.493 e. The normalized spacial score (nSPS) is 11.7. The molecule has 0 atom stereocenters. The number of aromatic nitrogens is 3. The first-order chi connectivity index (χ1) is 13.5. The summed E-state index contributed by atoms with van der Waals surface area (Å²) in [6.07, 6.45) is 1.06. The zero-order chi connectivity index (χ0) is 21.8. The number of nitrogens with zero attached hydrogens (tertiary/aromatic N) is 4. The van der Waals surface area contributed by atoms with Gasteiger partial charge in [0.15, 0.2) is 5.75 Å². The topological polar surface area (TPSA) is 145 Å². The van der Waals surface area contributed by atoms with Gasteiger partial charge in [0, 0.05) is 17.0 Å². The summed E-state index contributed by atoms with van der Waals surface area (Å²) in [7, 11) is 1.39. The van der Waals surface area contributed by atoms with E-state index < -0.39 is 10.3 Å². The summed E-state index contributed by atoms with van der Waals surface area (Å²) in [4.78, 5) is 25.5. The molecule has 0 saturated heterocycles. The van der Waals surface area contributed by atoms with E-state index in [-0.39, 0.29) is 34.8 Å². The van der Waals surface area contributed by atoms with Crippen LogP contribution in [0.15, 0.2) is 22.0 Å². The van der Waals surface area contributed by atoms with Gasteiger partial charge in [-0.05, 0) is 19.9 Å². The van der Waals surface area contributed by atoms with Gasteiger partial charge in [0.25, 0.3) is 5.56 Å². The van der Waals surface area contributed by atoms with Crippen LogP contribution in [-0.4, -0.2) is 39.5 Å². The number of anilines is 1. The number of H-pyrrole nitrogens is 1. The van der Waals surface area contributed by atoms with Crippen LogP contribution in [0.5, 0.6) is 11.5 Å². The van der Waals surface area contributed by atoms with E-state index in [1.165, 1.54) is 19.4 Å². The lowest BCUT2D eigenvalue weighted by molar-refractivity contribution is -0.386. The Kier molecular flexibility index (Phi) is 6.52. The van der Waals surface area contributed by atoms with Crippen LogP contribution in [0.4, 0.5) is 11.6 Å². The Hall–Kier alpha value is -3.50. The molecule has 0 aliphatic heterocycles. The molecule has 11 nitrogen and oxygen atoms in total. The predicted molar refractivity (Wildman–Crippen MR) is 108 cm³/mol. The van der Waals surface area contributed by atoms with Crippen LogP contribution in [0.3, 0.4) is 0 Å². The second-order valence-electron chi connectivity index (χ2n) is 7.47. The standard InChI is InChI=1S/C18H24N6O5/c1-10(2)29-14-12(24(26)27)7-11(8-13(14)28-6)9-19-22-17-20-16(25)15(21-23-17)18(3,4)5/h7-10H,1-6H3,(H2,20,22,23,25)/b19-9+. The maximum absolute atomic E-state index is 12.1. The van der Waals surface area contributed by atoms with Crippen LogP contribution >= 0.6 is 0 Å². The van der Waals surface area contributed by atoms with E-state index in [1.54, 1.807) is 19.9 Å². The lowest BCUT2D eigenvalue weighted by Gasteiger charge is -2.15. The number of benzene rings is 1.